The molecule has 0 aromatic heterocycles. The smallest absolute Gasteiger partial charge is 0.435 e. The number of ketones is 1. The minimum Gasteiger partial charge on any atom is -0.435 e. The molecule has 0 aromatic carbocycles. The lowest BCUT2D eigenvalue weighted by atomic mass is 10.3. The third-order valence-corrected chi connectivity index (χ3v) is 1.42. The second-order valence-electron chi connectivity index (χ2n) is 2.88. The van der Waals surface area contributed by atoms with Gasteiger partial charge < -0.3 is 28.5 Å². The van der Waals surface area contributed by atoms with E-state index < -0.39 is 6.16 Å². The average molecular weight is 296 g/mol. The molecule has 0 saturated carbocycles. The molecule has 0 atom stereocenters. The molecule has 0 bridgehead atoms. The van der Waals surface area contributed by atoms with Crippen LogP contribution in [0.15, 0.2) is 0 Å². The lowest BCUT2D eigenvalue weighted by Crippen LogP contribution is -2.08. The van der Waals surface area contributed by atoms with Gasteiger partial charge in [0.05, 0.1) is 6.61 Å². The number of ether oxygens (including phenoxy) is 5. The zero-order chi connectivity index (χ0) is 16.2. The van der Waals surface area contributed by atoms with E-state index in [0.29, 0.717) is 13.0 Å². The Morgan fingerprint density at radius 1 is 0.950 bits per heavy atom. The maximum Gasteiger partial charge on any atom is 0.510 e. The van der Waals surface area contributed by atoms with Crippen LogP contribution >= 0.6 is 0 Å². The van der Waals surface area contributed by atoms with Crippen LogP contribution in [0.5, 0.6) is 0 Å². The van der Waals surface area contributed by atoms with Crippen molar-refractivity contribution in [2.45, 2.75) is 20.3 Å². The number of hydrogen-bond donors (Lipinski definition) is 0. The van der Waals surface area contributed by atoms with E-state index in [4.69, 9.17) is 9.53 Å². The van der Waals surface area contributed by atoms with Crippen LogP contribution in [0.1, 0.15) is 20.3 Å². The molecule has 8 heteroatoms. The van der Waals surface area contributed by atoms with E-state index in [-0.39, 0.29) is 26.0 Å². The van der Waals surface area contributed by atoms with Crippen molar-refractivity contribution < 1.29 is 38.1 Å². The van der Waals surface area contributed by atoms with Crippen molar-refractivity contribution in [2.75, 3.05) is 41.0 Å². The first-order valence-corrected chi connectivity index (χ1v) is 5.78. The van der Waals surface area contributed by atoms with Crippen molar-refractivity contribution in [2.24, 2.45) is 0 Å². The molecule has 0 N–H and O–H groups in total. The average Bonchev–Trinajstić information content (AvgIpc) is 2.48. The lowest BCUT2D eigenvalue weighted by molar-refractivity contribution is -0.127. The molecule has 20 heavy (non-hydrogen) atoms. The van der Waals surface area contributed by atoms with Crippen molar-refractivity contribution in [3.8, 4) is 0 Å². The summed E-state index contributed by atoms with van der Waals surface area (Å²) in [5.74, 6) is 0.104. The maximum atomic E-state index is 10.5. The molecule has 120 valence electrons. The third-order valence-electron chi connectivity index (χ3n) is 1.42. The summed E-state index contributed by atoms with van der Waals surface area (Å²) in [6.07, 6.45) is -0.164. The van der Waals surface area contributed by atoms with E-state index in [1.807, 2.05) is 6.79 Å². The number of hydrogen-bond acceptors (Lipinski definition) is 8. The Balaban J connectivity index is -0.000000257. The van der Waals surface area contributed by atoms with Gasteiger partial charge in [-0.2, -0.15) is 0 Å². The summed E-state index contributed by atoms with van der Waals surface area (Å²) in [6.45, 7) is 6.14. The van der Waals surface area contributed by atoms with E-state index in [1.165, 1.54) is 14.2 Å². The molecule has 0 amide bonds. The summed E-state index contributed by atoms with van der Waals surface area (Å²) in [5.41, 5.74) is 0. The van der Waals surface area contributed by atoms with Crippen LogP contribution in [0, 0.1) is 0 Å². The summed E-state index contributed by atoms with van der Waals surface area (Å²) in [5, 5.41) is 0. The standard InChI is InChI=1S/C6H12O3.C5H10O4.CH2O/c1-3-6(7)4-9-5-8-2;1-3-8-5(6)9-4-7-2;1-2/h3-5H2,1-2H3;3-4H2,1-2H3;1H2. The molecule has 0 aromatic rings. The molecule has 0 saturated heterocycles. The van der Waals surface area contributed by atoms with E-state index >= 15 is 0 Å². The van der Waals surface area contributed by atoms with Crippen molar-refractivity contribution in [1.29, 1.82) is 0 Å². The molecule has 0 unspecified atom stereocenters. The predicted octanol–water partition coefficient (Wildman–Crippen LogP) is 1.16. The molecule has 8 nitrogen and oxygen atoms in total. The first-order chi connectivity index (χ1) is 9.62. The Kier molecular flexibility index (Phi) is 26.7. The van der Waals surface area contributed by atoms with Crippen LogP contribution in [-0.2, 0) is 33.3 Å². The number of Topliss-reactive ketones (excluding diaryl/α,β-unsaturated/α-hetero) is 1. The molecule has 0 heterocycles. The molecule has 0 rings (SSSR count). The molecule has 0 spiro atoms. The largest absolute Gasteiger partial charge is 0.510 e. The summed E-state index contributed by atoms with van der Waals surface area (Å²) in [7, 11) is 2.95. The zero-order valence-electron chi connectivity index (χ0n) is 12.5. The van der Waals surface area contributed by atoms with Gasteiger partial charge in [0.25, 0.3) is 0 Å². The van der Waals surface area contributed by atoms with Gasteiger partial charge in [-0.3, -0.25) is 4.79 Å². The first kappa shape index (κ1) is 23.6. The number of rotatable bonds is 8. The van der Waals surface area contributed by atoms with E-state index in [2.05, 4.69) is 18.9 Å². The maximum absolute atomic E-state index is 10.5. The van der Waals surface area contributed by atoms with Gasteiger partial charge in [-0.15, -0.1) is 0 Å². The summed E-state index contributed by atoms with van der Waals surface area (Å²) >= 11 is 0. The first-order valence-electron chi connectivity index (χ1n) is 5.78. The summed E-state index contributed by atoms with van der Waals surface area (Å²) < 4.78 is 22.5. The molecule has 0 aliphatic carbocycles. The van der Waals surface area contributed by atoms with Gasteiger partial charge in [0.1, 0.15) is 20.2 Å². The van der Waals surface area contributed by atoms with Gasteiger partial charge in [-0.25, -0.2) is 4.79 Å². The van der Waals surface area contributed by atoms with Gasteiger partial charge in [-0.05, 0) is 6.92 Å². The van der Waals surface area contributed by atoms with Crippen molar-refractivity contribution in [3.63, 3.8) is 0 Å². The highest BCUT2D eigenvalue weighted by Gasteiger charge is 1.98. The van der Waals surface area contributed by atoms with Gasteiger partial charge >= 0.3 is 6.16 Å². The highest BCUT2D eigenvalue weighted by atomic mass is 16.8. The second-order valence-corrected chi connectivity index (χ2v) is 2.88. The Morgan fingerprint density at radius 2 is 1.50 bits per heavy atom. The second kappa shape index (κ2) is 22.7. The Hall–Kier alpha value is -1.51. The van der Waals surface area contributed by atoms with Crippen LogP contribution in [0.3, 0.4) is 0 Å². The van der Waals surface area contributed by atoms with Crippen molar-refractivity contribution in [3.05, 3.63) is 0 Å². The summed E-state index contributed by atoms with van der Waals surface area (Å²) in [4.78, 5) is 28.8. The Bertz CT molecular complexity index is 220. The van der Waals surface area contributed by atoms with Crippen molar-refractivity contribution >= 4 is 18.7 Å². The van der Waals surface area contributed by atoms with Gasteiger partial charge in [-0.1, -0.05) is 6.92 Å². The van der Waals surface area contributed by atoms with Crippen LogP contribution < -0.4 is 0 Å². The Morgan fingerprint density at radius 3 is 1.90 bits per heavy atom. The molecule has 0 radical (unpaired) electrons. The third kappa shape index (κ3) is 25.4. The fraction of sp³-hybridized carbons (Fsp3) is 0.750. The van der Waals surface area contributed by atoms with E-state index in [1.54, 1.807) is 13.8 Å². The van der Waals surface area contributed by atoms with Gasteiger partial charge in [0.2, 0.25) is 0 Å². The molecule has 0 aliphatic rings. The lowest BCUT2D eigenvalue weighted by Gasteiger charge is -2.00. The Labute approximate surface area is 119 Å². The highest BCUT2D eigenvalue weighted by Crippen LogP contribution is 1.83. The fourth-order valence-electron chi connectivity index (χ4n) is 0.607. The fourth-order valence-corrected chi connectivity index (χ4v) is 0.607. The topological polar surface area (TPSA) is 97.4 Å². The van der Waals surface area contributed by atoms with Crippen LogP contribution in [-0.4, -0.2) is 59.7 Å². The number of methoxy groups -OCH3 is 2. The quantitative estimate of drug-likeness (QED) is 0.374. The van der Waals surface area contributed by atoms with Gasteiger partial charge in [0.15, 0.2) is 12.6 Å². The van der Waals surface area contributed by atoms with Gasteiger partial charge in [0, 0.05) is 20.6 Å². The van der Waals surface area contributed by atoms with E-state index in [0.717, 1.165) is 0 Å². The monoisotopic (exact) mass is 296 g/mol. The molecule has 0 fully saturated rings. The molecular formula is C12H24O8. The van der Waals surface area contributed by atoms with Crippen LogP contribution in [0.4, 0.5) is 4.79 Å². The SMILES string of the molecule is C=O.CCC(=O)COCOC.CCOC(=O)OCOC. The predicted molar refractivity (Wildman–Crippen MR) is 70.2 cm³/mol. The van der Waals surface area contributed by atoms with Crippen molar-refractivity contribution in [1.82, 2.24) is 0 Å². The molecular weight excluding hydrogens is 272 g/mol. The normalized spacial score (nSPS) is 8.40. The number of carbonyl (C=O) groups is 3. The summed E-state index contributed by atoms with van der Waals surface area (Å²) in [6, 6.07) is 0. The minimum atomic E-state index is -0.695. The van der Waals surface area contributed by atoms with Crippen LogP contribution in [0.2, 0.25) is 0 Å². The highest BCUT2D eigenvalue weighted by molar-refractivity contribution is 5.79. The van der Waals surface area contributed by atoms with E-state index in [9.17, 15) is 9.59 Å². The van der Waals surface area contributed by atoms with Crippen LogP contribution in [0.25, 0.3) is 0 Å². The zero-order valence-corrected chi connectivity index (χ0v) is 12.5. The minimum absolute atomic E-state index is 0.0567. The molecule has 0 aliphatic heterocycles. The number of carbonyl (C=O) groups excluding carboxylic acids is 3.